The van der Waals surface area contributed by atoms with Crippen LogP contribution in [-0.2, 0) is 11.3 Å². The van der Waals surface area contributed by atoms with Crippen LogP contribution in [0.4, 0.5) is 0 Å². The van der Waals surface area contributed by atoms with Crippen LogP contribution in [0.15, 0.2) is 23.6 Å². The van der Waals surface area contributed by atoms with Gasteiger partial charge in [0, 0.05) is 37.0 Å². The number of fused-ring (bicyclic) bond motifs is 1. The number of nitrogens with zero attached hydrogens (tertiary/aromatic N) is 2. The Morgan fingerprint density at radius 3 is 2.49 bits per heavy atom. The van der Waals surface area contributed by atoms with E-state index in [4.69, 9.17) is 4.74 Å². The summed E-state index contributed by atoms with van der Waals surface area (Å²) >= 11 is 1.89. The fraction of sp³-hybridized carbons (Fsp3) is 0.567. The monoisotopic (exact) mass is 494 g/mol. The average molecular weight is 495 g/mol. The number of aromatic nitrogens is 1. The van der Waals surface area contributed by atoms with Crippen LogP contribution in [0.2, 0.25) is 0 Å². The van der Waals surface area contributed by atoms with Crippen LogP contribution in [-0.4, -0.2) is 35.6 Å². The highest BCUT2D eigenvalue weighted by atomic mass is 32.1. The van der Waals surface area contributed by atoms with Crippen LogP contribution in [0.3, 0.4) is 0 Å². The summed E-state index contributed by atoms with van der Waals surface area (Å²) in [7, 11) is 1.74. The Bertz CT molecular complexity index is 1150. The van der Waals surface area contributed by atoms with Crippen LogP contribution < -0.4 is 4.74 Å². The van der Waals surface area contributed by atoms with E-state index in [0.29, 0.717) is 11.8 Å². The van der Waals surface area contributed by atoms with E-state index in [9.17, 15) is 4.79 Å². The van der Waals surface area contributed by atoms with Crippen molar-refractivity contribution in [1.82, 2.24) is 9.47 Å². The summed E-state index contributed by atoms with van der Waals surface area (Å²) in [6, 6.07) is 6.50. The number of methoxy groups -OCH3 is 1. The Kier molecular flexibility index (Phi) is 8.59. The van der Waals surface area contributed by atoms with Crippen molar-refractivity contribution in [2.75, 3.05) is 20.2 Å². The molecule has 4 nitrogen and oxygen atoms in total. The fourth-order valence-corrected chi connectivity index (χ4v) is 7.03. The quantitative estimate of drug-likeness (QED) is 0.252. The minimum atomic E-state index is 0.365. The molecule has 3 heterocycles. The van der Waals surface area contributed by atoms with Crippen molar-refractivity contribution in [2.45, 2.75) is 91.5 Å². The number of hydrogen-bond donors (Lipinski definition) is 0. The second-order valence-electron chi connectivity index (χ2n) is 10.4. The number of thiophene rings is 1. The molecular weight excluding hydrogens is 452 g/mol. The molecule has 35 heavy (non-hydrogen) atoms. The minimum absolute atomic E-state index is 0.365. The van der Waals surface area contributed by atoms with Crippen LogP contribution >= 0.6 is 11.3 Å². The minimum Gasteiger partial charge on any atom is -0.497 e. The predicted octanol–water partition coefficient (Wildman–Crippen LogP) is 8.08. The molecule has 0 spiro atoms. The molecule has 1 amide bonds. The Hall–Kier alpha value is -2.27. The van der Waals surface area contributed by atoms with Gasteiger partial charge in [-0.2, -0.15) is 0 Å². The first-order valence-electron chi connectivity index (χ1n) is 13.4. The number of aryl methyl sites for hydroxylation is 3. The molecule has 0 radical (unpaired) electrons. The summed E-state index contributed by atoms with van der Waals surface area (Å²) in [5.41, 5.74) is 6.92. The Balaban J connectivity index is 1.46. The first-order valence-corrected chi connectivity index (χ1v) is 14.3. The van der Waals surface area contributed by atoms with E-state index in [1.807, 2.05) is 16.2 Å². The first kappa shape index (κ1) is 25.8. The van der Waals surface area contributed by atoms with Gasteiger partial charge in [-0.15, -0.1) is 11.3 Å². The highest BCUT2D eigenvalue weighted by molar-refractivity contribution is 7.14. The number of benzene rings is 1. The van der Waals surface area contributed by atoms with Crippen molar-refractivity contribution in [3.63, 3.8) is 0 Å². The molecule has 0 atom stereocenters. The van der Waals surface area contributed by atoms with E-state index in [2.05, 4.69) is 55.8 Å². The summed E-state index contributed by atoms with van der Waals surface area (Å²) in [5, 5.41) is 3.61. The van der Waals surface area contributed by atoms with Crippen molar-refractivity contribution in [2.24, 2.45) is 0 Å². The summed E-state index contributed by atoms with van der Waals surface area (Å²) < 4.78 is 8.10. The lowest BCUT2D eigenvalue weighted by Crippen LogP contribution is -2.27. The molecule has 1 aromatic carbocycles. The Labute approximate surface area is 215 Å². The first-order chi connectivity index (χ1) is 16.9. The van der Waals surface area contributed by atoms with Gasteiger partial charge in [0.15, 0.2) is 0 Å². The maximum absolute atomic E-state index is 12.3. The lowest BCUT2D eigenvalue weighted by atomic mass is 9.97. The third-order valence-corrected chi connectivity index (χ3v) is 8.69. The highest BCUT2D eigenvalue weighted by Gasteiger charge is 2.22. The van der Waals surface area contributed by atoms with Gasteiger partial charge in [0.05, 0.1) is 17.7 Å². The normalized spacial score (nSPS) is 13.9. The lowest BCUT2D eigenvalue weighted by Gasteiger charge is -2.15. The number of rotatable bonds is 11. The highest BCUT2D eigenvalue weighted by Crippen LogP contribution is 2.43. The predicted molar refractivity (Wildman–Crippen MR) is 149 cm³/mol. The standard InChI is InChI=1S/C30H42N2O2S/c1-21(2)28-22(3)20-35-30(28)29-23(4)25-19-24(34-5)14-15-26(25)32(29)18-10-8-6-7-9-13-27(33)31-16-11-12-17-31/h14-15,19-21H,6-13,16-18H2,1-5H3. The van der Waals surface area contributed by atoms with Crippen molar-refractivity contribution in [1.29, 1.82) is 0 Å². The lowest BCUT2D eigenvalue weighted by molar-refractivity contribution is -0.130. The largest absolute Gasteiger partial charge is 0.497 e. The van der Waals surface area contributed by atoms with Gasteiger partial charge in [-0.1, -0.05) is 33.1 Å². The molecule has 5 heteroatoms. The van der Waals surface area contributed by atoms with E-state index in [1.54, 1.807) is 7.11 Å². The van der Waals surface area contributed by atoms with Gasteiger partial charge in [0.1, 0.15) is 5.75 Å². The van der Waals surface area contributed by atoms with Crippen LogP contribution in [0.1, 0.15) is 87.8 Å². The zero-order valence-electron chi connectivity index (χ0n) is 22.3. The van der Waals surface area contributed by atoms with E-state index in [-0.39, 0.29) is 0 Å². The Morgan fingerprint density at radius 1 is 1.06 bits per heavy atom. The maximum Gasteiger partial charge on any atom is 0.222 e. The molecular formula is C30H42N2O2S. The second kappa shape index (κ2) is 11.6. The number of ether oxygens (including phenoxy) is 1. The van der Waals surface area contributed by atoms with Crippen molar-refractivity contribution >= 4 is 28.1 Å². The van der Waals surface area contributed by atoms with E-state index in [0.717, 1.165) is 51.1 Å². The second-order valence-corrected chi connectivity index (χ2v) is 11.3. The van der Waals surface area contributed by atoms with Crippen LogP contribution in [0.25, 0.3) is 21.5 Å². The molecule has 0 bridgehead atoms. The molecule has 4 rings (SSSR count). The number of likely N-dealkylation sites (tertiary alicyclic amines) is 1. The molecule has 1 fully saturated rings. The van der Waals surface area contributed by atoms with Gasteiger partial charge < -0.3 is 14.2 Å². The number of carbonyl (C=O) groups is 1. The summed E-state index contributed by atoms with van der Waals surface area (Å²) in [6.07, 6.45) is 8.81. The molecule has 0 N–H and O–H groups in total. The van der Waals surface area contributed by atoms with E-state index < -0.39 is 0 Å². The summed E-state index contributed by atoms with van der Waals surface area (Å²) in [5.74, 6) is 1.78. The topological polar surface area (TPSA) is 34.5 Å². The van der Waals surface area contributed by atoms with Crippen LogP contribution in [0.5, 0.6) is 5.75 Å². The van der Waals surface area contributed by atoms with Gasteiger partial charge in [0.2, 0.25) is 5.91 Å². The number of unbranched alkanes of at least 4 members (excludes halogenated alkanes) is 4. The molecule has 0 unspecified atom stereocenters. The van der Waals surface area contributed by atoms with E-state index >= 15 is 0 Å². The number of amides is 1. The summed E-state index contributed by atoms with van der Waals surface area (Å²) in [4.78, 5) is 15.7. The molecule has 1 aliphatic rings. The fourth-order valence-electron chi connectivity index (χ4n) is 5.71. The third kappa shape index (κ3) is 5.61. The van der Waals surface area contributed by atoms with Gasteiger partial charge in [-0.05, 0) is 85.7 Å². The molecule has 1 aliphatic heterocycles. The zero-order valence-corrected chi connectivity index (χ0v) is 23.1. The van der Waals surface area contributed by atoms with Gasteiger partial charge in [-0.3, -0.25) is 4.79 Å². The van der Waals surface area contributed by atoms with Crippen molar-refractivity contribution in [3.05, 3.63) is 40.3 Å². The molecule has 0 aliphatic carbocycles. The molecule has 2 aromatic heterocycles. The Morgan fingerprint density at radius 2 is 1.77 bits per heavy atom. The van der Waals surface area contributed by atoms with E-state index in [1.165, 1.54) is 63.8 Å². The molecule has 3 aromatic rings. The van der Waals surface area contributed by atoms with Gasteiger partial charge in [-0.25, -0.2) is 0 Å². The molecule has 1 saturated heterocycles. The molecule has 0 saturated carbocycles. The SMILES string of the molecule is COc1ccc2c(c1)c(C)c(-c1scc(C)c1C(C)C)n2CCCCCCCC(=O)N1CCCC1. The third-order valence-electron chi connectivity index (χ3n) is 7.57. The smallest absolute Gasteiger partial charge is 0.222 e. The maximum atomic E-state index is 12.3. The van der Waals surface area contributed by atoms with Crippen molar-refractivity contribution < 1.29 is 9.53 Å². The average Bonchev–Trinajstić information content (AvgIpc) is 3.57. The zero-order chi connectivity index (χ0) is 24.9. The number of hydrogen-bond acceptors (Lipinski definition) is 3. The van der Waals surface area contributed by atoms with Gasteiger partial charge in [0.25, 0.3) is 0 Å². The molecule has 190 valence electrons. The van der Waals surface area contributed by atoms with Gasteiger partial charge >= 0.3 is 0 Å². The van der Waals surface area contributed by atoms with Crippen molar-refractivity contribution in [3.8, 4) is 16.3 Å². The number of carbonyl (C=O) groups excluding carboxylic acids is 1. The van der Waals surface area contributed by atoms with Crippen LogP contribution in [0, 0.1) is 13.8 Å². The summed E-state index contributed by atoms with van der Waals surface area (Å²) in [6.45, 7) is 12.1.